The van der Waals surface area contributed by atoms with Crippen molar-refractivity contribution >= 4 is 11.9 Å². The lowest BCUT2D eigenvalue weighted by atomic mass is 9.95. The quantitative estimate of drug-likeness (QED) is 0.792. The van der Waals surface area contributed by atoms with Crippen molar-refractivity contribution in [1.29, 1.82) is 0 Å². The van der Waals surface area contributed by atoms with Gasteiger partial charge in [0.25, 0.3) is 0 Å². The number of esters is 1. The van der Waals surface area contributed by atoms with Crippen LogP contribution in [0, 0.1) is 5.92 Å². The molecule has 0 aliphatic carbocycles. The Bertz CT molecular complexity index is 527. The fourth-order valence-electron chi connectivity index (χ4n) is 2.44. The van der Waals surface area contributed by atoms with Crippen LogP contribution in [0.15, 0.2) is 24.3 Å². The van der Waals surface area contributed by atoms with Gasteiger partial charge >= 0.3 is 5.97 Å². The molecule has 21 heavy (non-hydrogen) atoms. The number of amides is 1. The molecule has 0 radical (unpaired) electrons. The lowest BCUT2D eigenvalue weighted by Crippen LogP contribution is -2.46. The third-order valence-electron chi connectivity index (χ3n) is 3.66. The molecule has 1 aliphatic heterocycles. The Kier molecular flexibility index (Phi) is 4.83. The molecule has 0 fully saturated rings. The molecule has 5 nitrogen and oxygen atoms in total. The minimum atomic E-state index is -0.408. The SMILES string of the molecule is COC(=O)CN(C(=O)C1COc2ccccc2C1)C(C)C. The average molecular weight is 291 g/mol. The lowest BCUT2D eigenvalue weighted by molar-refractivity contribution is -0.150. The highest BCUT2D eigenvalue weighted by Crippen LogP contribution is 2.28. The summed E-state index contributed by atoms with van der Waals surface area (Å²) in [4.78, 5) is 25.7. The van der Waals surface area contributed by atoms with Gasteiger partial charge in [-0.05, 0) is 31.9 Å². The molecule has 1 aliphatic rings. The van der Waals surface area contributed by atoms with Crippen LogP contribution in [0.1, 0.15) is 19.4 Å². The highest BCUT2D eigenvalue weighted by molar-refractivity contribution is 5.84. The normalized spacial score (nSPS) is 16.9. The van der Waals surface area contributed by atoms with Crippen LogP contribution in [0.4, 0.5) is 0 Å². The van der Waals surface area contributed by atoms with Gasteiger partial charge in [0.15, 0.2) is 0 Å². The standard InChI is InChI=1S/C16H21NO4/c1-11(2)17(9-15(18)20-3)16(19)13-8-12-6-4-5-7-14(12)21-10-13/h4-7,11,13H,8-10H2,1-3H3. The van der Waals surface area contributed by atoms with E-state index in [4.69, 9.17) is 4.74 Å². The van der Waals surface area contributed by atoms with E-state index in [0.29, 0.717) is 13.0 Å². The predicted molar refractivity (Wildman–Crippen MR) is 78.0 cm³/mol. The molecule has 0 saturated carbocycles. The third-order valence-corrected chi connectivity index (χ3v) is 3.66. The summed E-state index contributed by atoms with van der Waals surface area (Å²) >= 11 is 0. The van der Waals surface area contributed by atoms with Gasteiger partial charge < -0.3 is 14.4 Å². The van der Waals surface area contributed by atoms with Crippen LogP contribution in [-0.4, -0.2) is 43.1 Å². The maximum Gasteiger partial charge on any atom is 0.325 e. The van der Waals surface area contributed by atoms with Gasteiger partial charge in [-0.3, -0.25) is 9.59 Å². The first-order valence-electron chi connectivity index (χ1n) is 7.11. The summed E-state index contributed by atoms with van der Waals surface area (Å²) in [5, 5.41) is 0. The molecule has 1 amide bonds. The Morgan fingerprint density at radius 1 is 1.38 bits per heavy atom. The van der Waals surface area contributed by atoms with Crippen molar-refractivity contribution in [3.63, 3.8) is 0 Å². The first-order valence-corrected chi connectivity index (χ1v) is 7.11. The molecule has 5 heteroatoms. The van der Waals surface area contributed by atoms with Gasteiger partial charge in [0.1, 0.15) is 18.9 Å². The van der Waals surface area contributed by atoms with Gasteiger partial charge in [-0.2, -0.15) is 0 Å². The molecular weight excluding hydrogens is 270 g/mol. The van der Waals surface area contributed by atoms with Gasteiger partial charge in [-0.25, -0.2) is 0 Å². The molecule has 1 heterocycles. The molecule has 114 valence electrons. The van der Waals surface area contributed by atoms with E-state index >= 15 is 0 Å². The van der Waals surface area contributed by atoms with Gasteiger partial charge in [0, 0.05) is 6.04 Å². The molecule has 0 bridgehead atoms. The average Bonchev–Trinajstić information content (AvgIpc) is 2.50. The number of nitrogens with zero attached hydrogens (tertiary/aromatic N) is 1. The summed E-state index contributed by atoms with van der Waals surface area (Å²) in [7, 11) is 1.32. The Morgan fingerprint density at radius 3 is 2.76 bits per heavy atom. The van der Waals surface area contributed by atoms with Crippen molar-refractivity contribution in [2.75, 3.05) is 20.3 Å². The van der Waals surface area contributed by atoms with Crippen LogP contribution < -0.4 is 4.74 Å². The van der Waals surface area contributed by atoms with Crippen molar-refractivity contribution in [1.82, 2.24) is 4.90 Å². The second-order valence-electron chi connectivity index (χ2n) is 5.46. The van der Waals surface area contributed by atoms with Crippen LogP contribution in [0.3, 0.4) is 0 Å². The number of carbonyl (C=O) groups is 2. The number of hydrogen-bond donors (Lipinski definition) is 0. The number of carbonyl (C=O) groups excluding carboxylic acids is 2. The first kappa shape index (κ1) is 15.4. The Hall–Kier alpha value is -2.04. The van der Waals surface area contributed by atoms with Crippen molar-refractivity contribution in [2.24, 2.45) is 5.92 Å². The number of rotatable bonds is 4. The number of para-hydroxylation sites is 1. The van der Waals surface area contributed by atoms with Gasteiger partial charge in [0.05, 0.1) is 13.0 Å². The van der Waals surface area contributed by atoms with E-state index in [0.717, 1.165) is 11.3 Å². The van der Waals surface area contributed by atoms with Crippen molar-refractivity contribution < 1.29 is 19.1 Å². The zero-order valence-electron chi connectivity index (χ0n) is 12.7. The highest BCUT2D eigenvalue weighted by Gasteiger charge is 2.31. The predicted octanol–water partition coefficient (Wildman–Crippen LogP) is 1.65. The van der Waals surface area contributed by atoms with E-state index in [1.807, 2.05) is 38.1 Å². The minimum absolute atomic E-state index is 0.0227. The molecule has 1 unspecified atom stereocenters. The Morgan fingerprint density at radius 2 is 2.10 bits per heavy atom. The van der Waals surface area contributed by atoms with Crippen LogP contribution in [0.5, 0.6) is 5.75 Å². The summed E-state index contributed by atoms with van der Waals surface area (Å²) in [6.07, 6.45) is 0.638. The van der Waals surface area contributed by atoms with E-state index in [-0.39, 0.29) is 24.4 Å². The van der Waals surface area contributed by atoms with E-state index < -0.39 is 5.97 Å². The number of fused-ring (bicyclic) bond motifs is 1. The summed E-state index contributed by atoms with van der Waals surface area (Å²) in [5.74, 6) is 0.108. The maximum atomic E-state index is 12.6. The largest absolute Gasteiger partial charge is 0.492 e. The summed E-state index contributed by atoms with van der Waals surface area (Å²) in [6.45, 7) is 4.10. The van der Waals surface area contributed by atoms with Crippen LogP contribution in [-0.2, 0) is 20.7 Å². The summed E-state index contributed by atoms with van der Waals surface area (Å²) < 4.78 is 10.3. The molecule has 2 rings (SSSR count). The van der Waals surface area contributed by atoms with Gasteiger partial charge in [-0.15, -0.1) is 0 Å². The number of ether oxygens (including phenoxy) is 2. The number of benzene rings is 1. The fraction of sp³-hybridized carbons (Fsp3) is 0.500. The van der Waals surface area contributed by atoms with Crippen LogP contribution in [0.25, 0.3) is 0 Å². The molecular formula is C16H21NO4. The zero-order chi connectivity index (χ0) is 15.4. The van der Waals surface area contributed by atoms with Gasteiger partial charge in [-0.1, -0.05) is 18.2 Å². The number of hydrogen-bond acceptors (Lipinski definition) is 4. The fourth-order valence-corrected chi connectivity index (χ4v) is 2.44. The van der Waals surface area contributed by atoms with Crippen LogP contribution in [0.2, 0.25) is 0 Å². The molecule has 1 aromatic rings. The lowest BCUT2D eigenvalue weighted by Gasteiger charge is -2.32. The van der Waals surface area contributed by atoms with E-state index in [2.05, 4.69) is 4.74 Å². The van der Waals surface area contributed by atoms with Crippen LogP contribution >= 0.6 is 0 Å². The molecule has 0 spiro atoms. The molecule has 0 saturated heterocycles. The summed E-state index contributed by atoms with van der Waals surface area (Å²) in [6, 6.07) is 7.66. The zero-order valence-corrected chi connectivity index (χ0v) is 12.7. The Labute approximate surface area is 124 Å². The molecule has 1 atom stereocenters. The first-order chi connectivity index (χ1) is 10.0. The van der Waals surface area contributed by atoms with Gasteiger partial charge in [0.2, 0.25) is 5.91 Å². The highest BCUT2D eigenvalue weighted by atomic mass is 16.5. The monoisotopic (exact) mass is 291 g/mol. The topological polar surface area (TPSA) is 55.8 Å². The minimum Gasteiger partial charge on any atom is -0.492 e. The van der Waals surface area contributed by atoms with E-state index in [1.165, 1.54) is 7.11 Å². The van der Waals surface area contributed by atoms with E-state index in [1.54, 1.807) is 4.90 Å². The van der Waals surface area contributed by atoms with Crippen molar-refractivity contribution in [3.05, 3.63) is 29.8 Å². The third kappa shape index (κ3) is 3.54. The number of methoxy groups -OCH3 is 1. The molecule has 0 aromatic heterocycles. The Balaban J connectivity index is 2.10. The summed E-state index contributed by atoms with van der Waals surface area (Å²) in [5.41, 5.74) is 1.03. The second kappa shape index (κ2) is 6.61. The maximum absolute atomic E-state index is 12.6. The molecule has 1 aromatic carbocycles. The van der Waals surface area contributed by atoms with Crippen molar-refractivity contribution in [2.45, 2.75) is 26.3 Å². The van der Waals surface area contributed by atoms with Crippen molar-refractivity contribution in [3.8, 4) is 5.75 Å². The second-order valence-corrected chi connectivity index (χ2v) is 5.46. The molecule has 0 N–H and O–H groups in total. The smallest absolute Gasteiger partial charge is 0.325 e. The van der Waals surface area contributed by atoms with E-state index in [9.17, 15) is 9.59 Å².